The van der Waals surface area contributed by atoms with Crippen molar-refractivity contribution in [2.75, 3.05) is 56.7 Å². The second-order valence-electron chi connectivity index (χ2n) is 16.6. The molecule has 0 fully saturated rings. The number of amides is 6. The summed E-state index contributed by atoms with van der Waals surface area (Å²) in [5.74, 6) is -5.11. The van der Waals surface area contributed by atoms with E-state index < -0.39 is 53.1 Å². The lowest BCUT2D eigenvalue weighted by Crippen LogP contribution is -2.48. The van der Waals surface area contributed by atoms with Crippen LogP contribution in [0.2, 0.25) is 0 Å². The first-order chi connectivity index (χ1) is 39.7. The number of anilines is 2. The monoisotopic (exact) mass is 1200 g/mol. The van der Waals surface area contributed by atoms with Crippen LogP contribution in [-0.4, -0.2) is 125 Å². The highest BCUT2D eigenvalue weighted by molar-refractivity contribution is 5.99. The summed E-state index contributed by atoms with van der Waals surface area (Å²) in [6.45, 7) is 49.8. The Bertz CT molecular complexity index is 2190. The summed E-state index contributed by atoms with van der Waals surface area (Å²) in [5, 5.41) is 10.7. The van der Waals surface area contributed by atoms with E-state index in [9.17, 15) is 51.5 Å². The summed E-state index contributed by atoms with van der Waals surface area (Å²) < 4.78 is 52.8. The van der Waals surface area contributed by atoms with Crippen LogP contribution >= 0.6 is 0 Å². The molecule has 23 heteroatoms. The summed E-state index contributed by atoms with van der Waals surface area (Å²) in [4.78, 5) is 111. The van der Waals surface area contributed by atoms with Crippen molar-refractivity contribution in [3.05, 3.63) is 52.1 Å². The van der Waals surface area contributed by atoms with E-state index in [0.29, 0.717) is 4.90 Å². The van der Waals surface area contributed by atoms with Gasteiger partial charge < -0.3 is 35.5 Å². The second kappa shape index (κ2) is 58.4. The lowest BCUT2D eigenvalue weighted by atomic mass is 9.86. The molecule has 20 nitrogen and oxygen atoms in total. The Kier molecular flexibility index (Phi) is 65.4. The van der Waals surface area contributed by atoms with Gasteiger partial charge in [-0.1, -0.05) is 166 Å². The van der Waals surface area contributed by atoms with E-state index in [4.69, 9.17) is 9.47 Å². The first-order valence-electron chi connectivity index (χ1n) is 30.0. The minimum atomic E-state index is -5.26. The molecule has 2 heterocycles. The van der Waals surface area contributed by atoms with Gasteiger partial charge in [-0.25, -0.2) is 9.97 Å². The van der Waals surface area contributed by atoms with Gasteiger partial charge in [0.15, 0.2) is 17.0 Å². The van der Waals surface area contributed by atoms with Crippen molar-refractivity contribution in [2.45, 2.75) is 224 Å². The molecule has 490 valence electrons. The molecule has 0 saturated carbocycles. The summed E-state index contributed by atoms with van der Waals surface area (Å²) in [6, 6.07) is 4.80. The third-order valence-electron chi connectivity index (χ3n) is 9.38. The van der Waals surface area contributed by atoms with Gasteiger partial charge in [-0.15, -0.1) is 0 Å². The first-order valence-corrected chi connectivity index (χ1v) is 30.0. The fraction of sp³-hybridized carbons (Fsp3) is 0.689. The molecule has 0 aliphatic rings. The minimum absolute atomic E-state index is 0.0329. The zero-order chi connectivity index (χ0) is 67.8. The van der Waals surface area contributed by atoms with Gasteiger partial charge in [0, 0.05) is 82.5 Å². The molecule has 0 saturated heterocycles. The first kappa shape index (κ1) is 94.0. The van der Waals surface area contributed by atoms with Gasteiger partial charge in [-0.2, -0.15) is 18.2 Å². The maximum absolute atomic E-state index is 13.6. The number of halogens is 3. The van der Waals surface area contributed by atoms with Crippen molar-refractivity contribution in [2.24, 2.45) is 11.3 Å². The number of imide groups is 1. The maximum atomic E-state index is 13.6. The zero-order valence-electron chi connectivity index (χ0n) is 56.8. The third kappa shape index (κ3) is 42.4. The number of aromatic nitrogens is 4. The minimum Gasteiger partial charge on any atom is -0.359 e. The molecule has 0 spiro atoms. The van der Waals surface area contributed by atoms with Crippen molar-refractivity contribution < 1.29 is 56.2 Å². The largest absolute Gasteiger partial charge is 0.471 e. The molecular weight excluding hydrogens is 1090 g/mol. The predicted octanol–water partition coefficient (Wildman–Crippen LogP) is 12.6. The van der Waals surface area contributed by atoms with E-state index in [1.165, 1.54) is 39.4 Å². The third-order valence-corrected chi connectivity index (χ3v) is 9.38. The van der Waals surface area contributed by atoms with Crippen LogP contribution in [-0.2, 0) is 44.8 Å². The Morgan fingerprint density at radius 1 is 0.690 bits per heavy atom. The molecule has 84 heavy (non-hydrogen) atoms. The van der Waals surface area contributed by atoms with Gasteiger partial charge >= 0.3 is 12.1 Å². The number of carbonyl (C=O) groups excluding carboxylic acids is 7. The van der Waals surface area contributed by atoms with Crippen molar-refractivity contribution in [1.82, 2.24) is 40.8 Å². The van der Waals surface area contributed by atoms with Crippen LogP contribution in [0.15, 0.2) is 35.3 Å². The average Bonchev–Trinajstić information content (AvgIpc) is 3.51. The summed E-state index contributed by atoms with van der Waals surface area (Å²) >= 11 is 0. The molecule has 1 aromatic carbocycles. The number of carbonyl (C=O) groups is 7. The number of hydrogen-bond donors (Lipinski definition) is 5. The van der Waals surface area contributed by atoms with Gasteiger partial charge in [0.25, 0.3) is 11.5 Å². The second-order valence-corrected chi connectivity index (χ2v) is 16.6. The molecule has 0 bridgehead atoms. The predicted molar refractivity (Wildman–Crippen MR) is 339 cm³/mol. The Hall–Kier alpha value is -6.36. The lowest BCUT2D eigenvalue weighted by Gasteiger charge is -2.41. The van der Waals surface area contributed by atoms with Gasteiger partial charge in [-0.05, 0) is 37.6 Å². The molecule has 2 aromatic heterocycles. The maximum Gasteiger partial charge on any atom is 0.471 e. The molecule has 0 aliphatic carbocycles. The zero-order valence-corrected chi connectivity index (χ0v) is 56.8. The van der Waals surface area contributed by atoms with Crippen molar-refractivity contribution in [1.29, 1.82) is 0 Å². The summed E-state index contributed by atoms with van der Waals surface area (Å²) in [7, 11) is 1.51. The van der Waals surface area contributed by atoms with Gasteiger partial charge in [-0.3, -0.25) is 48.3 Å². The Morgan fingerprint density at radius 2 is 1.12 bits per heavy atom. The Balaban J connectivity index is -0.000000349. The number of nitrogens with one attached hydrogen (secondary N) is 5. The summed E-state index contributed by atoms with van der Waals surface area (Å²) in [5.41, 5.74) is -1.73. The van der Waals surface area contributed by atoms with E-state index in [2.05, 4.69) is 55.1 Å². The topological polar surface area (TPSA) is 264 Å². The van der Waals surface area contributed by atoms with Crippen LogP contribution in [0.4, 0.5) is 24.8 Å². The number of H-pyrrole nitrogens is 1. The Labute approximate surface area is 504 Å². The molecular formula is C61H115F3N10O10. The van der Waals surface area contributed by atoms with Crippen LogP contribution in [0.25, 0.3) is 11.2 Å². The number of nitrogens with zero attached hydrogens (tertiary/aromatic N) is 5. The molecule has 3 rings (SSSR count). The van der Waals surface area contributed by atoms with E-state index in [0.717, 1.165) is 29.5 Å². The normalized spacial score (nSPS) is 10.3. The van der Waals surface area contributed by atoms with Crippen molar-refractivity contribution >= 4 is 64.5 Å². The lowest BCUT2D eigenvalue weighted by molar-refractivity contribution is -0.276. The number of aromatic amines is 1. The van der Waals surface area contributed by atoms with E-state index in [-0.39, 0.29) is 110 Å². The molecule has 0 aliphatic heterocycles. The van der Waals surface area contributed by atoms with Crippen LogP contribution in [0, 0.1) is 11.3 Å². The van der Waals surface area contributed by atoms with Gasteiger partial charge in [0.2, 0.25) is 29.6 Å². The van der Waals surface area contributed by atoms with E-state index >= 15 is 0 Å². The molecule has 1 atom stereocenters. The van der Waals surface area contributed by atoms with E-state index in [1.54, 1.807) is 6.92 Å². The van der Waals surface area contributed by atoms with Crippen LogP contribution < -0.4 is 31.7 Å². The molecule has 1 unspecified atom stereocenters. The molecule has 0 radical (unpaired) electrons. The van der Waals surface area contributed by atoms with Crippen molar-refractivity contribution in [3.63, 3.8) is 0 Å². The number of rotatable bonds is 21. The number of aldehydes is 1. The van der Waals surface area contributed by atoms with Crippen LogP contribution in [0.1, 0.15) is 222 Å². The van der Waals surface area contributed by atoms with Crippen LogP contribution in [0.5, 0.6) is 0 Å². The number of fused-ring (bicyclic) bond motifs is 1. The Morgan fingerprint density at radius 3 is 1.50 bits per heavy atom. The fourth-order valence-corrected chi connectivity index (χ4v) is 5.36. The highest BCUT2D eigenvalue weighted by atomic mass is 19.4. The molecule has 3 aromatic rings. The smallest absolute Gasteiger partial charge is 0.359 e. The highest BCUT2D eigenvalue weighted by Crippen LogP contribution is 2.34. The van der Waals surface area contributed by atoms with Crippen molar-refractivity contribution in [3.8, 4) is 0 Å². The summed E-state index contributed by atoms with van der Waals surface area (Å²) in [6.07, 6.45) is -1.72. The van der Waals surface area contributed by atoms with Gasteiger partial charge in [0.05, 0.1) is 31.6 Å². The highest BCUT2D eigenvalue weighted by Gasteiger charge is 2.43. The van der Waals surface area contributed by atoms with Crippen LogP contribution in [0.3, 0.4) is 0 Å². The number of hydrogen-bond acceptors (Lipinski definition) is 14. The number of benzene rings is 1. The van der Waals surface area contributed by atoms with E-state index in [1.807, 2.05) is 145 Å². The average molecular weight is 1210 g/mol. The standard InChI is InChI=1S/C38H51F3N10O9.C4H8O.C3H8.8C2H6/c1-23(52)50(24(2)53)18-14-29(55)44-17-20-60-37(6,36(3,4)5)59-19-16-43-28(54)9-8-15-45-32(56)25-10-12-27(13-11-25)51(34(58)38(39,40)41)22-26-21-46-31-30(47-26)33(57)49-35(42-7)48-31;1-4(2)3-5;1-3-2;8*1-2/h10-13,21H,8-9,14-20,22H2,1-7H3,(H,43,54)(H,44,55)(H,45,56)(H2,42,46,48,49,57);3-4H,1-2H3;3H2,1-2H3;8*1-2H3. The quantitative estimate of drug-likeness (QED) is 0.0377. The fourth-order valence-electron chi connectivity index (χ4n) is 5.36. The SMILES string of the molecule is CC.CC.CC.CC.CC.CC.CC.CC.CC(C)C=O.CCC.CNc1nc2ncc(CN(C(=O)C(F)(F)F)c3ccc(C(=O)NCCCC(=O)NCCOC(C)(OCCNC(=O)CCN(C(C)=O)C(C)=O)C(C)(C)C)cc3)nc2c(=O)[nH]1. The number of ether oxygens (including phenoxy) is 2. The number of alkyl halides is 3. The molecule has 5 N–H and O–H groups in total. The van der Waals surface area contributed by atoms with Gasteiger partial charge in [0.1, 0.15) is 6.29 Å². The molecule has 6 amide bonds.